The smallest absolute Gasteiger partial charge is 0.341 e. The topological polar surface area (TPSA) is 106 Å². The number of ether oxygens (including phenoxy) is 2. The summed E-state index contributed by atoms with van der Waals surface area (Å²) in [5, 5.41) is 8.12. The lowest BCUT2D eigenvalue weighted by Gasteiger charge is -2.18. The highest BCUT2D eigenvalue weighted by Gasteiger charge is 2.29. The molecule has 2 amide bonds. The molecule has 0 fully saturated rings. The highest BCUT2D eigenvalue weighted by Crippen LogP contribution is 2.40. The standard InChI is InChI=1S/C29H29Cl2N3O5S/c1-4-38-29(37)25-20-13-8-16(2)14-24(20)40-28(25)33-27(36)18-9-11-19(12-10-18)39-17(3)26(35)34-32-15-21-22(30)6-5-7-23(21)31/h5-7,9-12,15-17H,4,8,13-14H2,1-3H3,(H,33,36)(H,34,35)/b32-15-/t16-,17+/m0/s1. The van der Waals surface area contributed by atoms with Crippen molar-refractivity contribution in [2.24, 2.45) is 11.0 Å². The van der Waals surface area contributed by atoms with Crippen LogP contribution in [0.25, 0.3) is 0 Å². The minimum atomic E-state index is -0.870. The van der Waals surface area contributed by atoms with Crippen LogP contribution in [0.1, 0.15) is 63.9 Å². The maximum Gasteiger partial charge on any atom is 0.341 e. The number of halogens is 2. The fourth-order valence-electron chi connectivity index (χ4n) is 4.26. The van der Waals surface area contributed by atoms with Crippen LogP contribution in [0.3, 0.4) is 0 Å². The number of carbonyl (C=O) groups excluding carboxylic acids is 3. The molecule has 0 spiro atoms. The number of carbonyl (C=O) groups is 3. The minimum Gasteiger partial charge on any atom is -0.481 e. The van der Waals surface area contributed by atoms with E-state index in [1.807, 2.05) is 0 Å². The largest absolute Gasteiger partial charge is 0.481 e. The lowest BCUT2D eigenvalue weighted by atomic mass is 9.88. The van der Waals surface area contributed by atoms with Gasteiger partial charge in [0.15, 0.2) is 6.10 Å². The molecule has 2 N–H and O–H groups in total. The summed E-state index contributed by atoms with van der Waals surface area (Å²) in [6.07, 6.45) is 3.14. The fourth-order valence-corrected chi connectivity index (χ4v) is 6.15. The quantitative estimate of drug-likeness (QED) is 0.165. The molecule has 0 unspecified atom stereocenters. The van der Waals surface area contributed by atoms with Crippen molar-refractivity contribution in [1.82, 2.24) is 5.43 Å². The number of esters is 1. The van der Waals surface area contributed by atoms with E-state index in [1.54, 1.807) is 56.3 Å². The van der Waals surface area contributed by atoms with Gasteiger partial charge in [-0.05, 0) is 81.0 Å². The van der Waals surface area contributed by atoms with Crippen molar-refractivity contribution >= 4 is 63.5 Å². The van der Waals surface area contributed by atoms with E-state index in [-0.39, 0.29) is 12.5 Å². The second-order valence-electron chi connectivity index (χ2n) is 9.38. The van der Waals surface area contributed by atoms with Crippen molar-refractivity contribution in [2.45, 2.75) is 46.1 Å². The summed E-state index contributed by atoms with van der Waals surface area (Å²) in [7, 11) is 0. The van der Waals surface area contributed by atoms with E-state index in [1.165, 1.54) is 17.6 Å². The highest BCUT2D eigenvalue weighted by atomic mass is 35.5. The summed E-state index contributed by atoms with van der Waals surface area (Å²) >= 11 is 13.6. The van der Waals surface area contributed by atoms with Crippen molar-refractivity contribution in [3.63, 3.8) is 0 Å². The molecular weight excluding hydrogens is 573 g/mol. The zero-order valence-electron chi connectivity index (χ0n) is 22.3. The number of rotatable bonds is 9. The van der Waals surface area contributed by atoms with E-state index in [0.717, 1.165) is 29.7 Å². The van der Waals surface area contributed by atoms with Gasteiger partial charge in [0.05, 0.1) is 28.4 Å². The maximum absolute atomic E-state index is 13.1. The minimum absolute atomic E-state index is 0.257. The van der Waals surface area contributed by atoms with Gasteiger partial charge in [-0.3, -0.25) is 9.59 Å². The van der Waals surface area contributed by atoms with Crippen LogP contribution in [-0.4, -0.2) is 36.7 Å². The SMILES string of the molecule is CCOC(=O)c1c(NC(=O)c2ccc(O[C@H](C)C(=O)N/N=C\c3c(Cl)cccc3Cl)cc2)sc2c1CC[C@H](C)C2. The molecule has 11 heteroatoms. The van der Waals surface area contributed by atoms with Crippen molar-refractivity contribution in [2.75, 3.05) is 11.9 Å². The molecular formula is C29H29Cl2N3O5S. The van der Waals surface area contributed by atoms with Crippen LogP contribution in [0.5, 0.6) is 5.75 Å². The second-order valence-corrected chi connectivity index (χ2v) is 11.3. The Bertz CT molecular complexity index is 1420. The van der Waals surface area contributed by atoms with Crippen molar-refractivity contribution in [3.05, 3.63) is 79.6 Å². The molecule has 0 bridgehead atoms. The number of benzene rings is 2. The van der Waals surface area contributed by atoms with Crippen LogP contribution in [0.15, 0.2) is 47.6 Å². The van der Waals surface area contributed by atoms with Crippen LogP contribution < -0.4 is 15.5 Å². The zero-order valence-corrected chi connectivity index (χ0v) is 24.6. The van der Waals surface area contributed by atoms with Crippen molar-refractivity contribution in [1.29, 1.82) is 0 Å². The number of hydrazone groups is 1. The molecule has 0 saturated carbocycles. The molecule has 0 radical (unpaired) electrons. The van der Waals surface area contributed by atoms with Gasteiger partial charge in [-0.25, -0.2) is 10.2 Å². The van der Waals surface area contributed by atoms with E-state index < -0.39 is 18.0 Å². The molecule has 1 aliphatic rings. The predicted molar refractivity (Wildman–Crippen MR) is 158 cm³/mol. The summed E-state index contributed by atoms with van der Waals surface area (Å²) in [4.78, 5) is 39.3. The molecule has 3 aromatic rings. The van der Waals surface area contributed by atoms with Gasteiger partial charge in [-0.1, -0.05) is 36.2 Å². The molecule has 0 saturated heterocycles. The average molecular weight is 603 g/mol. The number of nitrogens with zero attached hydrogens (tertiary/aromatic N) is 1. The van der Waals surface area contributed by atoms with Gasteiger partial charge in [0, 0.05) is 16.0 Å². The number of amides is 2. The van der Waals surface area contributed by atoms with Crippen LogP contribution in [-0.2, 0) is 22.4 Å². The molecule has 1 heterocycles. The zero-order chi connectivity index (χ0) is 28.8. The number of hydrogen-bond acceptors (Lipinski definition) is 7. The Kier molecular flexibility index (Phi) is 9.84. The van der Waals surface area contributed by atoms with Crippen LogP contribution >= 0.6 is 34.5 Å². The van der Waals surface area contributed by atoms with Gasteiger partial charge in [0.25, 0.3) is 11.8 Å². The molecule has 40 heavy (non-hydrogen) atoms. The Morgan fingerprint density at radius 3 is 2.52 bits per heavy atom. The highest BCUT2D eigenvalue weighted by molar-refractivity contribution is 7.17. The third kappa shape index (κ3) is 7.02. The molecule has 2 aromatic carbocycles. The van der Waals surface area contributed by atoms with Gasteiger partial charge in [0.1, 0.15) is 10.8 Å². The van der Waals surface area contributed by atoms with Crippen LogP contribution in [0.2, 0.25) is 10.0 Å². The molecule has 1 aliphatic carbocycles. The third-order valence-corrected chi connectivity index (χ3v) is 8.21. The van der Waals surface area contributed by atoms with Gasteiger partial charge >= 0.3 is 5.97 Å². The summed E-state index contributed by atoms with van der Waals surface area (Å²) in [5.74, 6) is -0.342. The third-order valence-electron chi connectivity index (χ3n) is 6.38. The Balaban J connectivity index is 1.38. The lowest BCUT2D eigenvalue weighted by molar-refractivity contribution is -0.127. The summed E-state index contributed by atoms with van der Waals surface area (Å²) < 4.78 is 11.0. The number of nitrogens with one attached hydrogen (secondary N) is 2. The average Bonchev–Trinajstić information content (AvgIpc) is 3.27. The van der Waals surface area contributed by atoms with E-state index in [9.17, 15) is 14.4 Å². The molecule has 4 rings (SSSR count). The van der Waals surface area contributed by atoms with E-state index in [0.29, 0.717) is 43.4 Å². The predicted octanol–water partition coefficient (Wildman–Crippen LogP) is 6.53. The van der Waals surface area contributed by atoms with E-state index in [2.05, 4.69) is 22.8 Å². The lowest BCUT2D eigenvalue weighted by Crippen LogP contribution is -2.33. The fraction of sp³-hybridized carbons (Fsp3) is 0.310. The second kappa shape index (κ2) is 13.3. The van der Waals surface area contributed by atoms with Crippen molar-refractivity contribution in [3.8, 4) is 5.75 Å². The monoisotopic (exact) mass is 601 g/mol. The van der Waals surface area contributed by atoms with Crippen LogP contribution in [0, 0.1) is 5.92 Å². The molecule has 0 aliphatic heterocycles. The normalized spacial score (nSPS) is 15.3. The first kappa shape index (κ1) is 29.6. The maximum atomic E-state index is 13.1. The van der Waals surface area contributed by atoms with Crippen molar-refractivity contribution < 1.29 is 23.9 Å². The molecule has 8 nitrogen and oxygen atoms in total. The summed E-state index contributed by atoms with van der Waals surface area (Å²) in [6, 6.07) is 11.4. The summed E-state index contributed by atoms with van der Waals surface area (Å²) in [6.45, 7) is 5.77. The number of anilines is 1. The summed E-state index contributed by atoms with van der Waals surface area (Å²) in [5.41, 5.74) is 4.70. The Labute approximate surface area is 246 Å². The van der Waals surface area contributed by atoms with E-state index >= 15 is 0 Å². The van der Waals surface area contributed by atoms with E-state index in [4.69, 9.17) is 32.7 Å². The first-order valence-electron chi connectivity index (χ1n) is 12.8. The first-order chi connectivity index (χ1) is 19.2. The van der Waals surface area contributed by atoms with Gasteiger partial charge in [-0.2, -0.15) is 5.10 Å². The Morgan fingerprint density at radius 2 is 1.85 bits per heavy atom. The number of hydrogen-bond donors (Lipinski definition) is 2. The number of thiophene rings is 1. The van der Waals surface area contributed by atoms with Crippen LogP contribution in [0.4, 0.5) is 5.00 Å². The first-order valence-corrected chi connectivity index (χ1v) is 14.4. The van der Waals surface area contributed by atoms with Gasteiger partial charge < -0.3 is 14.8 Å². The van der Waals surface area contributed by atoms with Gasteiger partial charge in [0.2, 0.25) is 0 Å². The number of fused-ring (bicyclic) bond motifs is 1. The Hall–Kier alpha value is -3.40. The molecule has 1 aromatic heterocycles. The van der Waals surface area contributed by atoms with Gasteiger partial charge in [-0.15, -0.1) is 11.3 Å². The molecule has 2 atom stereocenters. The molecule has 210 valence electrons. The Morgan fingerprint density at radius 1 is 1.15 bits per heavy atom.